The lowest BCUT2D eigenvalue weighted by molar-refractivity contribution is -0.0375. The number of hydrogen-bond donors (Lipinski definition) is 0. The zero-order chi connectivity index (χ0) is 6.41. The summed E-state index contributed by atoms with van der Waals surface area (Å²) in [5.41, 5.74) is 13.5. The van der Waals surface area contributed by atoms with Crippen LogP contribution in [0.3, 0.4) is 0 Å². The van der Waals surface area contributed by atoms with Gasteiger partial charge in [-0.1, -0.05) is 0 Å². The SMILES string of the molecule is CC1CCO1.[N-]=[N+]=[N-]. The Labute approximate surface area is 47.9 Å². The fraction of sp³-hybridized carbons (Fsp3) is 1.00. The Balaban J connectivity index is 0.000000145. The molecule has 1 unspecified atom stereocenters. The first-order valence-corrected chi connectivity index (χ1v) is 2.41. The lowest BCUT2D eigenvalue weighted by Crippen LogP contribution is -2.22. The van der Waals surface area contributed by atoms with Gasteiger partial charge in [0.25, 0.3) is 0 Å². The third-order valence-corrected chi connectivity index (χ3v) is 0.927. The van der Waals surface area contributed by atoms with Crippen LogP contribution in [0.15, 0.2) is 0 Å². The van der Waals surface area contributed by atoms with Crippen molar-refractivity contribution >= 4 is 0 Å². The van der Waals surface area contributed by atoms with Crippen LogP contribution in [-0.2, 0) is 4.74 Å². The highest BCUT2D eigenvalue weighted by Crippen LogP contribution is 2.07. The van der Waals surface area contributed by atoms with E-state index in [2.05, 4.69) is 6.92 Å². The van der Waals surface area contributed by atoms with Crippen molar-refractivity contribution in [2.45, 2.75) is 19.4 Å². The highest BCUT2D eigenvalue weighted by atomic mass is 16.5. The second kappa shape index (κ2) is 4.43. The van der Waals surface area contributed by atoms with E-state index < -0.39 is 0 Å². The van der Waals surface area contributed by atoms with Crippen LogP contribution in [0.25, 0.3) is 16.0 Å². The van der Waals surface area contributed by atoms with E-state index in [0.717, 1.165) is 6.61 Å². The van der Waals surface area contributed by atoms with Gasteiger partial charge in [0.1, 0.15) is 0 Å². The van der Waals surface area contributed by atoms with Crippen molar-refractivity contribution in [1.29, 1.82) is 0 Å². The van der Waals surface area contributed by atoms with Crippen molar-refractivity contribution in [3.8, 4) is 0 Å². The van der Waals surface area contributed by atoms with Gasteiger partial charge in [-0.15, -0.1) is 0 Å². The molecule has 0 saturated carbocycles. The number of nitrogens with zero attached hydrogens (tertiary/aromatic N) is 3. The minimum atomic E-state index is 0.565. The third-order valence-electron chi connectivity index (χ3n) is 0.927. The Kier molecular flexibility index (Phi) is 4.03. The van der Waals surface area contributed by atoms with Crippen molar-refractivity contribution in [3.63, 3.8) is 0 Å². The van der Waals surface area contributed by atoms with Crippen LogP contribution in [0, 0.1) is 0 Å². The molecule has 0 aromatic carbocycles. The molecule has 0 aromatic rings. The predicted octanol–water partition coefficient (Wildman–Crippen LogP) is 1.66. The molecular weight excluding hydrogens is 106 g/mol. The van der Waals surface area contributed by atoms with Gasteiger partial charge in [-0.3, -0.25) is 4.91 Å². The number of ether oxygens (including phenoxy) is 1. The Hall–Kier alpha value is -0.730. The Morgan fingerprint density at radius 2 is 1.88 bits per heavy atom. The van der Waals surface area contributed by atoms with Gasteiger partial charge in [0, 0.05) is 6.61 Å². The van der Waals surface area contributed by atoms with E-state index >= 15 is 0 Å². The second-order valence-corrected chi connectivity index (χ2v) is 1.56. The van der Waals surface area contributed by atoms with Crippen molar-refractivity contribution in [2.75, 3.05) is 6.61 Å². The van der Waals surface area contributed by atoms with E-state index in [0.29, 0.717) is 6.10 Å². The van der Waals surface area contributed by atoms with Crippen LogP contribution in [0.2, 0.25) is 0 Å². The largest absolute Gasteiger partial charge is 0.378 e. The fourth-order valence-corrected chi connectivity index (χ4v) is 0.354. The summed E-state index contributed by atoms with van der Waals surface area (Å²) in [6, 6.07) is 0. The quantitative estimate of drug-likeness (QED) is 0.268. The Morgan fingerprint density at radius 3 is 1.88 bits per heavy atom. The smallest absolute Gasteiger partial charge is 0.0568 e. The van der Waals surface area contributed by atoms with Crippen LogP contribution in [0.4, 0.5) is 0 Å². The molecule has 0 amide bonds. The molecule has 0 radical (unpaired) electrons. The molecule has 0 bridgehead atoms. The monoisotopic (exact) mass is 114 g/mol. The molecular formula is C4H8N3O-. The normalized spacial score (nSPS) is 23.9. The molecule has 1 atom stereocenters. The summed E-state index contributed by atoms with van der Waals surface area (Å²) in [4.78, 5) is 1.50. The minimum absolute atomic E-state index is 0.565. The van der Waals surface area contributed by atoms with E-state index in [9.17, 15) is 0 Å². The standard InChI is InChI=1S/C4H8O.N3/c1-4-2-3-5-4;1-3-2/h4H,2-3H2,1H3;/q;-1. The molecule has 1 heterocycles. The highest BCUT2D eigenvalue weighted by Gasteiger charge is 2.09. The summed E-state index contributed by atoms with van der Waals surface area (Å²) in [5.74, 6) is 0. The van der Waals surface area contributed by atoms with Crippen LogP contribution in [0.5, 0.6) is 0 Å². The van der Waals surface area contributed by atoms with Crippen LogP contribution in [0.1, 0.15) is 13.3 Å². The van der Waals surface area contributed by atoms with Crippen molar-refractivity contribution in [2.24, 2.45) is 0 Å². The third kappa shape index (κ3) is 3.46. The molecule has 1 fully saturated rings. The summed E-state index contributed by atoms with van der Waals surface area (Å²) in [7, 11) is 0. The summed E-state index contributed by atoms with van der Waals surface area (Å²) < 4.78 is 4.93. The molecule has 4 nitrogen and oxygen atoms in total. The van der Waals surface area contributed by atoms with E-state index in [4.69, 9.17) is 15.8 Å². The highest BCUT2D eigenvalue weighted by molar-refractivity contribution is 4.57. The molecule has 0 aromatic heterocycles. The molecule has 8 heavy (non-hydrogen) atoms. The fourth-order valence-electron chi connectivity index (χ4n) is 0.354. The second-order valence-electron chi connectivity index (χ2n) is 1.56. The van der Waals surface area contributed by atoms with Crippen molar-refractivity contribution in [1.82, 2.24) is 0 Å². The maximum Gasteiger partial charge on any atom is 0.0568 e. The summed E-state index contributed by atoms with van der Waals surface area (Å²) in [6.45, 7) is 3.07. The van der Waals surface area contributed by atoms with Gasteiger partial charge >= 0.3 is 0 Å². The Morgan fingerprint density at radius 1 is 1.62 bits per heavy atom. The maximum atomic E-state index is 6.75. The average Bonchev–Trinajstić information content (AvgIpc) is 1.64. The van der Waals surface area contributed by atoms with Gasteiger partial charge in [-0.2, -0.15) is 0 Å². The lowest BCUT2D eigenvalue weighted by Gasteiger charge is -2.20. The van der Waals surface area contributed by atoms with E-state index in [1.54, 1.807) is 0 Å². The van der Waals surface area contributed by atoms with Gasteiger partial charge in [0.05, 0.1) is 6.10 Å². The van der Waals surface area contributed by atoms with E-state index in [1.807, 2.05) is 0 Å². The zero-order valence-corrected chi connectivity index (χ0v) is 4.74. The average molecular weight is 114 g/mol. The lowest BCUT2D eigenvalue weighted by atomic mass is 10.2. The molecule has 1 rings (SSSR count). The van der Waals surface area contributed by atoms with E-state index in [-0.39, 0.29) is 0 Å². The minimum Gasteiger partial charge on any atom is -0.378 e. The number of hydrogen-bond acceptors (Lipinski definition) is 1. The van der Waals surface area contributed by atoms with Gasteiger partial charge in [-0.05, 0) is 13.3 Å². The van der Waals surface area contributed by atoms with Gasteiger partial charge < -0.3 is 15.8 Å². The molecule has 0 aliphatic carbocycles. The molecule has 1 aliphatic heterocycles. The van der Waals surface area contributed by atoms with E-state index in [1.165, 1.54) is 11.3 Å². The topological polar surface area (TPSA) is 67.9 Å². The summed E-state index contributed by atoms with van der Waals surface area (Å²) in [6.07, 6.45) is 1.83. The molecule has 46 valence electrons. The van der Waals surface area contributed by atoms with Gasteiger partial charge in [0.2, 0.25) is 0 Å². The summed E-state index contributed by atoms with van der Waals surface area (Å²) in [5, 5.41) is 0. The molecule has 4 heteroatoms. The molecule has 0 N–H and O–H groups in total. The first-order chi connectivity index (χ1) is 3.81. The molecule has 1 aliphatic rings. The maximum absolute atomic E-state index is 6.75. The molecule has 0 spiro atoms. The predicted molar refractivity (Wildman–Crippen MR) is 30.1 cm³/mol. The Bertz CT molecular complexity index is 83.3. The first kappa shape index (κ1) is 7.27. The van der Waals surface area contributed by atoms with Gasteiger partial charge in [-0.25, -0.2) is 0 Å². The first-order valence-electron chi connectivity index (χ1n) is 2.41. The molecule has 1 saturated heterocycles. The number of rotatable bonds is 0. The van der Waals surface area contributed by atoms with Crippen LogP contribution >= 0.6 is 0 Å². The zero-order valence-electron chi connectivity index (χ0n) is 4.74. The van der Waals surface area contributed by atoms with Crippen LogP contribution < -0.4 is 0 Å². The van der Waals surface area contributed by atoms with Crippen molar-refractivity contribution < 1.29 is 4.74 Å². The summed E-state index contributed by atoms with van der Waals surface area (Å²) >= 11 is 0. The van der Waals surface area contributed by atoms with Crippen molar-refractivity contribution in [3.05, 3.63) is 16.0 Å². The van der Waals surface area contributed by atoms with Crippen LogP contribution in [-0.4, -0.2) is 12.7 Å². The van der Waals surface area contributed by atoms with Gasteiger partial charge in [0.15, 0.2) is 0 Å².